The van der Waals surface area contributed by atoms with Gasteiger partial charge in [-0.15, -0.1) is 0 Å². The van der Waals surface area contributed by atoms with E-state index in [4.69, 9.17) is 4.52 Å². The van der Waals surface area contributed by atoms with Gasteiger partial charge in [0, 0.05) is 32.0 Å². The van der Waals surface area contributed by atoms with Crippen LogP contribution < -0.4 is 10.6 Å². The number of nitrogens with zero attached hydrogens (tertiary/aromatic N) is 3. The van der Waals surface area contributed by atoms with Crippen LogP contribution in [0.1, 0.15) is 56.8 Å². The van der Waals surface area contributed by atoms with Crippen LogP contribution in [-0.4, -0.2) is 35.7 Å². The number of nitrogens with one attached hydrogen (secondary N) is 2. The molecule has 0 aliphatic carbocycles. The van der Waals surface area contributed by atoms with Crippen LogP contribution in [0.25, 0.3) is 0 Å². The van der Waals surface area contributed by atoms with Crippen molar-refractivity contribution in [3.63, 3.8) is 0 Å². The molecule has 0 bridgehead atoms. The van der Waals surface area contributed by atoms with Crippen molar-refractivity contribution in [1.29, 1.82) is 0 Å². The van der Waals surface area contributed by atoms with Crippen LogP contribution >= 0.6 is 0 Å². The molecule has 6 heteroatoms. The first-order valence-corrected chi connectivity index (χ1v) is 9.57. The van der Waals surface area contributed by atoms with Crippen molar-refractivity contribution in [2.75, 3.05) is 19.6 Å². The van der Waals surface area contributed by atoms with E-state index in [1.807, 2.05) is 6.07 Å². The number of benzene rings is 1. The number of guanidine groups is 1. The fourth-order valence-corrected chi connectivity index (χ4v) is 2.51. The van der Waals surface area contributed by atoms with Gasteiger partial charge in [-0.1, -0.05) is 49.3 Å². The highest BCUT2D eigenvalue weighted by Crippen LogP contribution is 2.10. The largest absolute Gasteiger partial charge is 0.357 e. The third-order valence-corrected chi connectivity index (χ3v) is 3.94. The number of aromatic nitrogens is 2. The van der Waals surface area contributed by atoms with Gasteiger partial charge in [0.25, 0.3) is 0 Å². The highest BCUT2D eigenvalue weighted by Gasteiger charge is 2.09. The average molecular weight is 358 g/mol. The van der Waals surface area contributed by atoms with Gasteiger partial charge in [0.05, 0.1) is 0 Å². The van der Waals surface area contributed by atoms with E-state index in [1.165, 1.54) is 5.56 Å². The molecule has 2 rings (SSSR count). The maximum Gasteiger partial charge on any atom is 0.226 e. The lowest BCUT2D eigenvalue weighted by atomic mass is 10.1. The molecule has 1 aromatic heterocycles. The minimum atomic E-state index is 0.300. The molecule has 2 N–H and O–H groups in total. The van der Waals surface area contributed by atoms with Crippen LogP contribution in [0.2, 0.25) is 0 Å². The molecule has 0 unspecified atom stereocenters. The molecule has 0 radical (unpaired) electrons. The maximum atomic E-state index is 5.27. The Morgan fingerprint density at radius 3 is 2.62 bits per heavy atom. The van der Waals surface area contributed by atoms with E-state index in [1.54, 1.807) is 0 Å². The summed E-state index contributed by atoms with van der Waals surface area (Å²) in [6.45, 7) is 8.69. The normalized spacial score (nSPS) is 11.8. The first kappa shape index (κ1) is 19.9. The van der Waals surface area contributed by atoms with Crippen LogP contribution in [-0.2, 0) is 12.8 Å². The molecule has 2 aromatic rings. The van der Waals surface area contributed by atoms with E-state index in [0.29, 0.717) is 11.8 Å². The predicted octanol–water partition coefficient (Wildman–Crippen LogP) is 3.31. The summed E-state index contributed by atoms with van der Waals surface area (Å²) in [4.78, 5) is 9.04. The van der Waals surface area contributed by atoms with Crippen molar-refractivity contribution in [2.24, 2.45) is 4.99 Å². The summed E-state index contributed by atoms with van der Waals surface area (Å²) in [6.07, 6.45) is 3.80. The maximum absolute atomic E-state index is 5.27. The van der Waals surface area contributed by atoms with Gasteiger partial charge >= 0.3 is 0 Å². The van der Waals surface area contributed by atoms with Crippen molar-refractivity contribution < 1.29 is 4.52 Å². The molecule has 0 saturated heterocycles. The molecule has 0 amide bonds. The molecule has 6 nitrogen and oxygen atoms in total. The summed E-state index contributed by atoms with van der Waals surface area (Å²) in [6, 6.07) is 10.5. The van der Waals surface area contributed by atoms with Crippen LogP contribution in [0.3, 0.4) is 0 Å². The van der Waals surface area contributed by atoms with Gasteiger partial charge in [-0.2, -0.15) is 4.98 Å². The van der Waals surface area contributed by atoms with Gasteiger partial charge in [-0.25, -0.2) is 0 Å². The molecule has 0 fully saturated rings. The summed E-state index contributed by atoms with van der Waals surface area (Å²) >= 11 is 0. The van der Waals surface area contributed by atoms with Gasteiger partial charge in [0.1, 0.15) is 0 Å². The molecule has 142 valence electrons. The van der Waals surface area contributed by atoms with Gasteiger partial charge in [0.2, 0.25) is 5.89 Å². The second kappa shape index (κ2) is 11.3. The molecule has 26 heavy (non-hydrogen) atoms. The van der Waals surface area contributed by atoms with Gasteiger partial charge in [-0.05, 0) is 31.7 Å². The van der Waals surface area contributed by atoms with E-state index in [-0.39, 0.29) is 0 Å². The Balaban J connectivity index is 1.67. The zero-order chi connectivity index (χ0) is 18.6. The van der Waals surface area contributed by atoms with Gasteiger partial charge < -0.3 is 15.2 Å². The van der Waals surface area contributed by atoms with Gasteiger partial charge in [-0.3, -0.25) is 4.99 Å². The fraction of sp³-hybridized carbons (Fsp3) is 0.550. The zero-order valence-electron chi connectivity index (χ0n) is 16.2. The first-order valence-electron chi connectivity index (χ1n) is 9.57. The molecule has 0 saturated carbocycles. The highest BCUT2D eigenvalue weighted by atomic mass is 16.5. The molecule has 0 atom stereocenters. The SMILES string of the molecule is CCNC(=NCCCc1ccccc1)NCCCc1nc(C(C)C)no1. The lowest BCUT2D eigenvalue weighted by molar-refractivity contribution is 0.368. The van der Waals surface area contributed by atoms with E-state index >= 15 is 0 Å². The first-order chi connectivity index (χ1) is 12.7. The summed E-state index contributed by atoms with van der Waals surface area (Å²) in [5.74, 6) is 2.66. The Morgan fingerprint density at radius 2 is 1.92 bits per heavy atom. The minimum Gasteiger partial charge on any atom is -0.357 e. The standard InChI is InChI=1S/C20H31N5O/c1-4-21-20(22-14-8-12-17-10-6-5-7-11-17)23-15-9-13-18-24-19(16(2)3)25-26-18/h5-7,10-11,16H,4,8-9,12-15H2,1-3H3,(H2,21,22,23). The van der Waals surface area contributed by atoms with Crippen molar-refractivity contribution in [3.05, 3.63) is 47.6 Å². The number of hydrogen-bond acceptors (Lipinski definition) is 4. The average Bonchev–Trinajstić information content (AvgIpc) is 3.12. The molecule has 0 aliphatic heterocycles. The minimum absolute atomic E-state index is 0.300. The molecule has 1 heterocycles. The van der Waals surface area contributed by atoms with Crippen LogP contribution in [0.4, 0.5) is 0 Å². The van der Waals surface area contributed by atoms with Crippen molar-refractivity contribution >= 4 is 5.96 Å². The third-order valence-electron chi connectivity index (χ3n) is 3.94. The Hall–Kier alpha value is -2.37. The molecular formula is C20H31N5O. The Bertz CT molecular complexity index is 651. The van der Waals surface area contributed by atoms with E-state index in [0.717, 1.165) is 57.1 Å². The smallest absolute Gasteiger partial charge is 0.226 e. The van der Waals surface area contributed by atoms with Crippen LogP contribution in [0, 0.1) is 0 Å². The van der Waals surface area contributed by atoms with Crippen molar-refractivity contribution in [2.45, 2.75) is 52.4 Å². The molecule has 1 aromatic carbocycles. The second-order valence-corrected chi connectivity index (χ2v) is 6.58. The van der Waals surface area contributed by atoms with E-state index in [2.05, 4.69) is 70.8 Å². The van der Waals surface area contributed by atoms with Crippen LogP contribution in [0.5, 0.6) is 0 Å². The molecule has 0 aliphatic rings. The summed E-state index contributed by atoms with van der Waals surface area (Å²) in [5.41, 5.74) is 1.36. The quantitative estimate of drug-likeness (QED) is 0.388. The Labute approximate surface area is 156 Å². The molecule has 0 spiro atoms. The number of rotatable bonds is 10. The number of hydrogen-bond donors (Lipinski definition) is 2. The van der Waals surface area contributed by atoms with Crippen molar-refractivity contribution in [1.82, 2.24) is 20.8 Å². The predicted molar refractivity (Wildman–Crippen MR) is 105 cm³/mol. The molecular weight excluding hydrogens is 326 g/mol. The van der Waals surface area contributed by atoms with Gasteiger partial charge in [0.15, 0.2) is 11.8 Å². The Morgan fingerprint density at radius 1 is 1.12 bits per heavy atom. The summed E-state index contributed by atoms with van der Waals surface area (Å²) < 4.78 is 5.27. The zero-order valence-corrected chi connectivity index (χ0v) is 16.2. The van der Waals surface area contributed by atoms with Crippen molar-refractivity contribution in [3.8, 4) is 0 Å². The summed E-state index contributed by atoms with van der Waals surface area (Å²) in [5, 5.41) is 10.6. The topological polar surface area (TPSA) is 75.3 Å². The van der Waals surface area contributed by atoms with Crippen LogP contribution in [0.15, 0.2) is 39.8 Å². The highest BCUT2D eigenvalue weighted by molar-refractivity contribution is 5.79. The number of aliphatic imine (C=N–C) groups is 1. The fourth-order valence-electron chi connectivity index (χ4n) is 2.51. The lowest BCUT2D eigenvalue weighted by Crippen LogP contribution is -2.38. The summed E-state index contributed by atoms with van der Waals surface area (Å²) in [7, 11) is 0. The monoisotopic (exact) mass is 357 g/mol. The van der Waals surface area contributed by atoms with E-state index < -0.39 is 0 Å². The second-order valence-electron chi connectivity index (χ2n) is 6.58. The number of aryl methyl sites for hydroxylation is 2. The third kappa shape index (κ3) is 7.25. The lowest BCUT2D eigenvalue weighted by Gasteiger charge is -2.10. The van der Waals surface area contributed by atoms with E-state index in [9.17, 15) is 0 Å². The Kier molecular flexibility index (Phi) is 8.66.